The van der Waals surface area contributed by atoms with Gasteiger partial charge in [-0.05, 0) is 14.1 Å². The van der Waals surface area contributed by atoms with Gasteiger partial charge in [0.15, 0.2) is 0 Å². The van der Waals surface area contributed by atoms with E-state index in [4.69, 9.17) is 4.89 Å². The van der Waals surface area contributed by atoms with Crippen molar-refractivity contribution >= 4 is 7.37 Å². The van der Waals surface area contributed by atoms with Crippen LogP contribution in [-0.4, -0.2) is 36.8 Å². The molecule has 50 valence electrons. The van der Waals surface area contributed by atoms with Crippen LogP contribution in [0.3, 0.4) is 0 Å². The predicted octanol–water partition coefficient (Wildman–Crippen LogP) is 0.406. The molecule has 1 unspecified atom stereocenters. The second-order valence-electron chi connectivity index (χ2n) is 2.27. The Hall–Kier alpha value is 0.150. The maximum absolute atomic E-state index is 10.5. The highest BCUT2D eigenvalue weighted by Gasteiger charge is 2.09. The van der Waals surface area contributed by atoms with Crippen LogP contribution in [0.1, 0.15) is 0 Å². The second kappa shape index (κ2) is 2.62. The second-order valence-corrected chi connectivity index (χ2v) is 4.66. The highest BCUT2D eigenvalue weighted by molar-refractivity contribution is 7.57. The van der Waals surface area contributed by atoms with Crippen molar-refractivity contribution in [2.24, 2.45) is 0 Å². The lowest BCUT2D eigenvalue weighted by atomic mass is 11.0. The van der Waals surface area contributed by atoms with Crippen molar-refractivity contribution < 1.29 is 9.46 Å². The van der Waals surface area contributed by atoms with Crippen molar-refractivity contribution in [1.82, 2.24) is 4.90 Å². The molecule has 0 heterocycles. The molecule has 0 bridgehead atoms. The highest BCUT2D eigenvalue weighted by atomic mass is 31.2. The molecule has 0 aromatic rings. The normalized spacial score (nSPS) is 18.6. The van der Waals surface area contributed by atoms with E-state index in [0.717, 1.165) is 0 Å². The molecule has 1 N–H and O–H groups in total. The fourth-order valence-corrected chi connectivity index (χ4v) is 1.57. The number of rotatable bonds is 2. The van der Waals surface area contributed by atoms with E-state index >= 15 is 0 Å². The van der Waals surface area contributed by atoms with Crippen molar-refractivity contribution in [2.45, 2.75) is 0 Å². The lowest BCUT2D eigenvalue weighted by Gasteiger charge is -2.10. The molecule has 0 radical (unpaired) electrons. The summed E-state index contributed by atoms with van der Waals surface area (Å²) in [6.45, 7) is 1.35. The molecule has 0 amide bonds. The van der Waals surface area contributed by atoms with E-state index in [0.29, 0.717) is 0 Å². The van der Waals surface area contributed by atoms with Gasteiger partial charge in [0.05, 0.1) is 6.29 Å². The van der Waals surface area contributed by atoms with Gasteiger partial charge >= 0.3 is 0 Å². The zero-order valence-corrected chi connectivity index (χ0v) is 6.35. The van der Waals surface area contributed by atoms with Gasteiger partial charge in [-0.25, -0.2) is 0 Å². The molecule has 0 spiro atoms. The van der Waals surface area contributed by atoms with Crippen LogP contribution in [0.15, 0.2) is 0 Å². The van der Waals surface area contributed by atoms with E-state index in [-0.39, 0.29) is 6.29 Å². The molecule has 0 saturated carbocycles. The fourth-order valence-electron chi connectivity index (χ4n) is 0.525. The summed E-state index contributed by atoms with van der Waals surface area (Å²) in [6.07, 6.45) is 0.271. The number of nitrogens with zero attached hydrogens (tertiary/aromatic N) is 1. The van der Waals surface area contributed by atoms with E-state index in [2.05, 4.69) is 0 Å². The Bertz CT molecular complexity index is 107. The molecule has 4 heteroatoms. The Labute approximate surface area is 49.8 Å². The van der Waals surface area contributed by atoms with Gasteiger partial charge in [0, 0.05) is 6.66 Å². The first kappa shape index (κ1) is 8.15. The van der Waals surface area contributed by atoms with Gasteiger partial charge in [-0.1, -0.05) is 0 Å². The van der Waals surface area contributed by atoms with Crippen LogP contribution in [-0.2, 0) is 4.57 Å². The Morgan fingerprint density at radius 1 is 1.62 bits per heavy atom. The smallest absolute Gasteiger partial charge is 0.211 e. The molecule has 0 aliphatic rings. The van der Waals surface area contributed by atoms with Gasteiger partial charge in [-0.3, -0.25) is 4.57 Å². The number of hydrogen-bond donors (Lipinski definition) is 1. The van der Waals surface area contributed by atoms with Crippen LogP contribution < -0.4 is 0 Å². The standard InChI is InChI=1S/C4H12NO2P/c1-5(2)4-8(3,6)7/h4H2,1-3H3,(H,6,7). The van der Waals surface area contributed by atoms with Crippen LogP contribution in [0.4, 0.5) is 0 Å². The van der Waals surface area contributed by atoms with Crippen molar-refractivity contribution in [3.05, 3.63) is 0 Å². The molecule has 3 nitrogen and oxygen atoms in total. The van der Waals surface area contributed by atoms with Crippen molar-refractivity contribution in [3.8, 4) is 0 Å². The van der Waals surface area contributed by atoms with E-state index in [9.17, 15) is 4.57 Å². The molecule has 0 saturated heterocycles. The molecule has 8 heavy (non-hydrogen) atoms. The minimum Gasteiger partial charge on any atom is -0.344 e. The minimum atomic E-state index is -2.80. The third-order valence-corrected chi connectivity index (χ3v) is 1.64. The average Bonchev–Trinajstić information content (AvgIpc) is 1.21. The Kier molecular flexibility index (Phi) is 2.67. The third-order valence-electron chi connectivity index (χ3n) is 0.545. The minimum absolute atomic E-state index is 0.271. The summed E-state index contributed by atoms with van der Waals surface area (Å²) in [5, 5.41) is 0. The largest absolute Gasteiger partial charge is 0.344 e. The zero-order valence-electron chi connectivity index (χ0n) is 5.46. The third kappa shape index (κ3) is 6.15. The average molecular weight is 137 g/mol. The van der Waals surface area contributed by atoms with Crippen LogP contribution in [0.5, 0.6) is 0 Å². The van der Waals surface area contributed by atoms with Crippen LogP contribution in [0, 0.1) is 0 Å². The van der Waals surface area contributed by atoms with E-state index < -0.39 is 7.37 Å². The SMILES string of the molecule is CN(C)CP(C)(=O)O. The zero-order chi connectivity index (χ0) is 6.78. The molecule has 1 atom stereocenters. The molecule has 0 aromatic carbocycles. The summed E-state index contributed by atoms with van der Waals surface area (Å²) in [4.78, 5) is 10.4. The summed E-state index contributed by atoms with van der Waals surface area (Å²) in [7, 11) is 0.745. The van der Waals surface area contributed by atoms with Crippen molar-refractivity contribution in [1.29, 1.82) is 0 Å². The first-order valence-corrected chi connectivity index (χ1v) is 4.65. The van der Waals surface area contributed by atoms with Gasteiger partial charge in [-0.2, -0.15) is 0 Å². The lowest BCUT2D eigenvalue weighted by Crippen LogP contribution is -2.12. The molecule has 0 fully saturated rings. The highest BCUT2D eigenvalue weighted by Crippen LogP contribution is 2.34. The Balaban J connectivity index is 3.56. The maximum atomic E-state index is 10.5. The van der Waals surface area contributed by atoms with Gasteiger partial charge in [0.25, 0.3) is 0 Å². The summed E-state index contributed by atoms with van der Waals surface area (Å²) < 4.78 is 10.5. The topological polar surface area (TPSA) is 40.5 Å². The monoisotopic (exact) mass is 137 g/mol. The summed E-state index contributed by atoms with van der Waals surface area (Å²) in [5.41, 5.74) is 0. The van der Waals surface area contributed by atoms with E-state index in [1.54, 1.807) is 19.0 Å². The quantitative estimate of drug-likeness (QED) is 0.560. The molecule has 0 aliphatic carbocycles. The van der Waals surface area contributed by atoms with Gasteiger partial charge in [-0.15, -0.1) is 0 Å². The molecular weight excluding hydrogens is 125 g/mol. The van der Waals surface area contributed by atoms with Crippen LogP contribution in [0.2, 0.25) is 0 Å². The van der Waals surface area contributed by atoms with Gasteiger partial charge in [0.2, 0.25) is 7.37 Å². The molecule has 0 rings (SSSR count). The maximum Gasteiger partial charge on any atom is 0.211 e. The van der Waals surface area contributed by atoms with Crippen LogP contribution in [0.25, 0.3) is 0 Å². The van der Waals surface area contributed by atoms with Crippen molar-refractivity contribution in [2.75, 3.05) is 27.0 Å². The van der Waals surface area contributed by atoms with Crippen LogP contribution >= 0.6 is 7.37 Å². The van der Waals surface area contributed by atoms with E-state index in [1.165, 1.54) is 6.66 Å². The summed E-state index contributed by atoms with van der Waals surface area (Å²) >= 11 is 0. The first-order chi connectivity index (χ1) is 3.42. The lowest BCUT2D eigenvalue weighted by molar-refractivity contribution is 0.419. The molecule has 0 aliphatic heterocycles. The first-order valence-electron chi connectivity index (χ1n) is 2.36. The fraction of sp³-hybridized carbons (Fsp3) is 1.00. The molecular formula is C4H12NO2P. The Morgan fingerprint density at radius 3 is 2.00 bits per heavy atom. The predicted molar refractivity (Wildman–Crippen MR) is 34.3 cm³/mol. The summed E-state index contributed by atoms with van der Waals surface area (Å²) in [5.74, 6) is 0. The Morgan fingerprint density at radius 2 is 2.00 bits per heavy atom. The van der Waals surface area contributed by atoms with Crippen molar-refractivity contribution in [3.63, 3.8) is 0 Å². The number of hydrogen-bond acceptors (Lipinski definition) is 2. The summed E-state index contributed by atoms with van der Waals surface area (Å²) in [6, 6.07) is 0. The van der Waals surface area contributed by atoms with Gasteiger partial charge in [0.1, 0.15) is 0 Å². The van der Waals surface area contributed by atoms with E-state index in [1.807, 2.05) is 0 Å². The van der Waals surface area contributed by atoms with Gasteiger partial charge < -0.3 is 9.79 Å². The molecule has 0 aromatic heterocycles.